The fourth-order valence-corrected chi connectivity index (χ4v) is 3.42. The lowest BCUT2D eigenvalue weighted by atomic mass is 10.1. The molecule has 2 aromatic carbocycles. The maximum Gasteiger partial charge on any atom is 0.261 e. The largest absolute Gasteiger partial charge is 0.484 e. The average molecular weight is 445 g/mol. The van der Waals surface area contributed by atoms with E-state index in [2.05, 4.69) is 12.2 Å². The number of halogens is 1. The highest BCUT2D eigenvalue weighted by Crippen LogP contribution is 2.20. The number of hydrogen-bond acceptors (Lipinski definition) is 3. The monoisotopic (exact) mass is 444 g/mol. The number of amides is 2. The van der Waals surface area contributed by atoms with Crippen molar-refractivity contribution in [1.29, 1.82) is 0 Å². The van der Waals surface area contributed by atoms with Crippen LogP contribution in [-0.4, -0.2) is 35.4 Å². The Hall–Kier alpha value is -2.53. The van der Waals surface area contributed by atoms with E-state index in [-0.39, 0.29) is 31.0 Å². The van der Waals surface area contributed by atoms with Crippen molar-refractivity contribution in [3.63, 3.8) is 0 Å². The normalized spacial score (nSPS) is 12.7. The molecule has 0 saturated carbocycles. The number of benzene rings is 2. The Bertz CT molecular complexity index is 854. The molecule has 0 aromatic heterocycles. The first-order valence-electron chi connectivity index (χ1n) is 10.9. The molecule has 0 bridgehead atoms. The zero-order valence-corrected chi connectivity index (χ0v) is 19.6. The number of nitrogens with one attached hydrogen (secondary N) is 1. The molecule has 2 aromatic rings. The topological polar surface area (TPSA) is 58.6 Å². The van der Waals surface area contributed by atoms with Crippen LogP contribution in [0.3, 0.4) is 0 Å². The molecule has 0 saturated heterocycles. The molecule has 0 heterocycles. The van der Waals surface area contributed by atoms with Gasteiger partial charge in [0.15, 0.2) is 6.61 Å². The fraction of sp³-hybridized carbons (Fsp3) is 0.440. The molecule has 0 aliphatic rings. The van der Waals surface area contributed by atoms with Crippen LogP contribution in [0.1, 0.15) is 51.7 Å². The number of carbonyl (C=O) groups excluding carboxylic acids is 2. The minimum atomic E-state index is -0.608. The Labute approximate surface area is 190 Å². The van der Waals surface area contributed by atoms with E-state index in [4.69, 9.17) is 16.3 Å². The Morgan fingerprint density at radius 1 is 1.03 bits per heavy atom. The Balaban J connectivity index is 2.20. The van der Waals surface area contributed by atoms with Gasteiger partial charge < -0.3 is 15.0 Å². The number of nitrogens with zero attached hydrogens (tertiary/aromatic N) is 1. The third-order valence-electron chi connectivity index (χ3n) is 5.38. The maximum absolute atomic E-state index is 13.2. The Morgan fingerprint density at radius 2 is 1.71 bits per heavy atom. The highest BCUT2D eigenvalue weighted by Gasteiger charge is 2.30. The van der Waals surface area contributed by atoms with Crippen LogP contribution in [0.4, 0.5) is 0 Å². The maximum atomic E-state index is 13.2. The van der Waals surface area contributed by atoms with E-state index < -0.39 is 6.04 Å². The van der Waals surface area contributed by atoms with E-state index in [1.807, 2.05) is 63.2 Å². The number of ether oxygens (including phenoxy) is 1. The number of carbonyl (C=O) groups is 2. The Morgan fingerprint density at radius 3 is 2.29 bits per heavy atom. The van der Waals surface area contributed by atoms with E-state index in [1.165, 1.54) is 5.56 Å². The molecule has 0 spiro atoms. The van der Waals surface area contributed by atoms with Crippen molar-refractivity contribution in [3.8, 4) is 5.75 Å². The first-order valence-corrected chi connectivity index (χ1v) is 11.3. The molecule has 6 heteroatoms. The highest BCUT2D eigenvalue weighted by molar-refractivity contribution is 6.31. The predicted octanol–water partition coefficient (Wildman–Crippen LogP) is 5.00. The number of rotatable bonds is 11. The van der Waals surface area contributed by atoms with Gasteiger partial charge in [-0.05, 0) is 55.5 Å². The molecular formula is C25H33ClN2O3. The summed E-state index contributed by atoms with van der Waals surface area (Å²) < 4.78 is 5.74. The van der Waals surface area contributed by atoms with Crippen molar-refractivity contribution in [2.75, 3.05) is 6.61 Å². The number of aryl methyl sites for hydroxylation is 1. The third kappa shape index (κ3) is 7.28. The van der Waals surface area contributed by atoms with Crippen molar-refractivity contribution in [3.05, 3.63) is 64.7 Å². The first kappa shape index (κ1) is 24.7. The van der Waals surface area contributed by atoms with Crippen molar-refractivity contribution >= 4 is 23.4 Å². The standard InChI is InChI=1S/C25H33ClN2O3/c1-5-18(4)27-25(30)23(7-3)28(16-20-10-8-9-11-22(20)26)24(29)17-31-21-14-12-19(6-2)13-15-21/h8-15,18,23H,5-7,16-17H2,1-4H3,(H,27,30)/t18-,23+/m0/s1. The lowest BCUT2D eigenvalue weighted by Gasteiger charge is -2.31. The van der Waals surface area contributed by atoms with Gasteiger partial charge in [-0.2, -0.15) is 0 Å². The first-order chi connectivity index (χ1) is 14.9. The molecule has 2 atom stereocenters. The van der Waals surface area contributed by atoms with Gasteiger partial charge in [0, 0.05) is 17.6 Å². The molecule has 2 amide bonds. The molecule has 2 rings (SSSR count). The van der Waals surface area contributed by atoms with Gasteiger partial charge in [-0.1, -0.05) is 62.7 Å². The van der Waals surface area contributed by atoms with Gasteiger partial charge in [0.25, 0.3) is 5.91 Å². The molecule has 0 radical (unpaired) electrons. The fourth-order valence-electron chi connectivity index (χ4n) is 3.22. The van der Waals surface area contributed by atoms with Crippen LogP contribution in [0, 0.1) is 0 Å². The minimum absolute atomic E-state index is 0.0344. The lowest BCUT2D eigenvalue weighted by Crippen LogP contribution is -2.51. The van der Waals surface area contributed by atoms with Crippen LogP contribution < -0.4 is 10.1 Å². The smallest absolute Gasteiger partial charge is 0.261 e. The van der Waals surface area contributed by atoms with E-state index in [0.29, 0.717) is 17.2 Å². The third-order valence-corrected chi connectivity index (χ3v) is 5.75. The zero-order chi connectivity index (χ0) is 22.8. The van der Waals surface area contributed by atoms with Gasteiger partial charge in [0.05, 0.1) is 0 Å². The summed E-state index contributed by atoms with van der Waals surface area (Å²) in [4.78, 5) is 27.7. The summed E-state index contributed by atoms with van der Waals surface area (Å²) in [6.45, 7) is 8.04. The summed E-state index contributed by atoms with van der Waals surface area (Å²) in [7, 11) is 0. The van der Waals surface area contributed by atoms with Crippen molar-refractivity contribution in [2.45, 2.75) is 65.6 Å². The predicted molar refractivity (Wildman–Crippen MR) is 125 cm³/mol. The molecule has 0 aliphatic heterocycles. The van der Waals surface area contributed by atoms with E-state index in [1.54, 1.807) is 11.0 Å². The van der Waals surface area contributed by atoms with E-state index in [9.17, 15) is 9.59 Å². The summed E-state index contributed by atoms with van der Waals surface area (Å²) in [6.07, 6.45) is 2.25. The second kappa shape index (κ2) is 12.4. The average Bonchev–Trinajstić information content (AvgIpc) is 2.78. The zero-order valence-electron chi connectivity index (χ0n) is 18.9. The molecule has 0 fully saturated rings. The minimum Gasteiger partial charge on any atom is -0.484 e. The van der Waals surface area contributed by atoms with Gasteiger partial charge in [0.1, 0.15) is 11.8 Å². The van der Waals surface area contributed by atoms with E-state index >= 15 is 0 Å². The van der Waals surface area contributed by atoms with Gasteiger partial charge in [0.2, 0.25) is 5.91 Å². The van der Waals surface area contributed by atoms with Gasteiger partial charge in [-0.15, -0.1) is 0 Å². The second-order valence-electron chi connectivity index (χ2n) is 7.64. The SMILES string of the molecule is CCc1ccc(OCC(=O)N(Cc2ccccc2Cl)[C@H](CC)C(=O)N[C@@H](C)CC)cc1. The molecule has 0 aliphatic carbocycles. The van der Waals surface area contributed by atoms with Crippen molar-refractivity contribution in [2.24, 2.45) is 0 Å². The Kier molecular flexibility index (Phi) is 9.86. The summed E-state index contributed by atoms with van der Waals surface area (Å²) in [5.41, 5.74) is 1.99. The summed E-state index contributed by atoms with van der Waals surface area (Å²) >= 11 is 6.34. The lowest BCUT2D eigenvalue weighted by molar-refractivity contribution is -0.143. The van der Waals surface area contributed by atoms with Crippen LogP contribution in [-0.2, 0) is 22.6 Å². The van der Waals surface area contributed by atoms with Gasteiger partial charge in [-0.25, -0.2) is 0 Å². The van der Waals surface area contributed by atoms with Gasteiger partial charge >= 0.3 is 0 Å². The molecule has 0 unspecified atom stereocenters. The van der Waals surface area contributed by atoms with Crippen molar-refractivity contribution < 1.29 is 14.3 Å². The van der Waals surface area contributed by atoms with Crippen LogP contribution in [0.25, 0.3) is 0 Å². The van der Waals surface area contributed by atoms with Crippen LogP contribution in [0.2, 0.25) is 5.02 Å². The highest BCUT2D eigenvalue weighted by atomic mass is 35.5. The molecule has 5 nitrogen and oxygen atoms in total. The summed E-state index contributed by atoms with van der Waals surface area (Å²) in [5, 5.41) is 3.56. The van der Waals surface area contributed by atoms with Crippen molar-refractivity contribution in [1.82, 2.24) is 10.2 Å². The summed E-state index contributed by atoms with van der Waals surface area (Å²) in [6, 6.07) is 14.5. The quantitative estimate of drug-likeness (QED) is 0.530. The molecule has 31 heavy (non-hydrogen) atoms. The van der Waals surface area contributed by atoms with Crippen LogP contribution >= 0.6 is 11.6 Å². The van der Waals surface area contributed by atoms with Crippen LogP contribution in [0.15, 0.2) is 48.5 Å². The molecular weight excluding hydrogens is 412 g/mol. The van der Waals surface area contributed by atoms with Crippen LogP contribution in [0.5, 0.6) is 5.75 Å². The molecule has 168 valence electrons. The summed E-state index contributed by atoms with van der Waals surface area (Å²) in [5.74, 6) is 0.204. The second-order valence-corrected chi connectivity index (χ2v) is 8.05. The molecule has 1 N–H and O–H groups in total. The number of hydrogen-bond donors (Lipinski definition) is 1. The van der Waals surface area contributed by atoms with Gasteiger partial charge in [-0.3, -0.25) is 9.59 Å². The van der Waals surface area contributed by atoms with E-state index in [0.717, 1.165) is 18.4 Å².